The van der Waals surface area contributed by atoms with Gasteiger partial charge in [-0.1, -0.05) is 16.8 Å². The molecule has 3 rings (SSSR count). The second-order valence-corrected chi connectivity index (χ2v) is 6.50. The first-order chi connectivity index (χ1) is 9.63. The molecule has 0 aliphatic heterocycles. The highest BCUT2D eigenvalue weighted by Gasteiger charge is 2.16. The molecule has 20 heavy (non-hydrogen) atoms. The predicted molar refractivity (Wildman–Crippen MR) is 79.6 cm³/mol. The van der Waals surface area contributed by atoms with Gasteiger partial charge in [0.05, 0.1) is 14.9 Å². The van der Waals surface area contributed by atoms with Crippen LogP contribution in [0, 0.1) is 6.92 Å². The number of nitrogens with one attached hydrogen (secondary N) is 1. The number of nitrogens with zero attached hydrogens (tertiary/aromatic N) is 2. The smallest absolute Gasteiger partial charge is 0.270 e. The van der Waals surface area contributed by atoms with Gasteiger partial charge < -0.3 is 9.84 Å². The molecule has 5 nitrogen and oxygen atoms in total. The zero-order valence-electron chi connectivity index (χ0n) is 10.2. The van der Waals surface area contributed by atoms with Crippen molar-refractivity contribution in [3.8, 4) is 10.8 Å². The summed E-state index contributed by atoms with van der Waals surface area (Å²) in [5, 5.41) is 8.42. The topological polar surface area (TPSA) is 68.0 Å². The zero-order chi connectivity index (χ0) is 14.1. The molecular formula is C12H8ClN3O2S2. The number of hydrogen-bond acceptors (Lipinski definition) is 6. The molecule has 0 spiro atoms. The van der Waals surface area contributed by atoms with Crippen LogP contribution in [-0.4, -0.2) is 16.0 Å². The third-order valence-electron chi connectivity index (χ3n) is 2.43. The summed E-state index contributed by atoms with van der Waals surface area (Å²) in [6.07, 6.45) is 0. The van der Waals surface area contributed by atoms with Crippen molar-refractivity contribution >= 4 is 45.9 Å². The summed E-state index contributed by atoms with van der Waals surface area (Å²) in [6.45, 7) is 1.74. The Morgan fingerprint density at radius 1 is 1.40 bits per heavy atom. The second-order valence-electron chi connectivity index (χ2n) is 3.87. The standard InChI is InChI=1S/C12H8ClN3O2S2/c1-6-14-12(18-16-6)10-7(4-5-19-10)15-11(17)8-2-3-9(13)20-8/h2-5H,1H3,(H,15,17). The van der Waals surface area contributed by atoms with Crippen molar-refractivity contribution in [2.24, 2.45) is 0 Å². The average molecular weight is 326 g/mol. The van der Waals surface area contributed by atoms with Gasteiger partial charge >= 0.3 is 0 Å². The first-order valence-corrected chi connectivity index (χ1v) is 7.66. The molecule has 0 aliphatic rings. The molecule has 0 radical (unpaired) electrons. The molecular weight excluding hydrogens is 318 g/mol. The summed E-state index contributed by atoms with van der Waals surface area (Å²) < 4.78 is 5.70. The number of hydrogen-bond donors (Lipinski definition) is 1. The van der Waals surface area contributed by atoms with E-state index in [-0.39, 0.29) is 5.91 Å². The van der Waals surface area contributed by atoms with Crippen molar-refractivity contribution < 1.29 is 9.32 Å². The van der Waals surface area contributed by atoms with Crippen molar-refractivity contribution in [3.63, 3.8) is 0 Å². The van der Waals surface area contributed by atoms with E-state index in [0.717, 1.165) is 4.88 Å². The monoisotopic (exact) mass is 325 g/mol. The molecule has 0 fully saturated rings. The SMILES string of the molecule is Cc1noc(-c2sccc2NC(=O)c2ccc(Cl)s2)n1. The van der Waals surface area contributed by atoms with E-state index in [9.17, 15) is 4.79 Å². The molecule has 0 aliphatic carbocycles. The number of carbonyl (C=O) groups is 1. The Kier molecular flexibility index (Phi) is 3.56. The lowest BCUT2D eigenvalue weighted by Gasteiger charge is -2.02. The van der Waals surface area contributed by atoms with E-state index in [0.29, 0.717) is 26.6 Å². The largest absolute Gasteiger partial charge is 0.333 e. The van der Waals surface area contributed by atoms with Crippen LogP contribution in [0.15, 0.2) is 28.1 Å². The molecule has 0 unspecified atom stereocenters. The fourth-order valence-electron chi connectivity index (χ4n) is 1.58. The lowest BCUT2D eigenvalue weighted by atomic mass is 10.3. The normalized spacial score (nSPS) is 10.7. The highest BCUT2D eigenvalue weighted by Crippen LogP contribution is 2.33. The van der Waals surface area contributed by atoms with E-state index in [1.165, 1.54) is 22.7 Å². The predicted octanol–water partition coefficient (Wildman–Crippen LogP) is 4.07. The van der Waals surface area contributed by atoms with Crippen molar-refractivity contribution in [2.75, 3.05) is 5.32 Å². The Labute approximate surface area is 127 Å². The molecule has 0 saturated heterocycles. The maximum atomic E-state index is 12.1. The van der Waals surface area contributed by atoms with Crippen LogP contribution in [0.2, 0.25) is 4.34 Å². The van der Waals surface area contributed by atoms with Crippen LogP contribution in [0.1, 0.15) is 15.5 Å². The molecule has 3 aromatic rings. The Morgan fingerprint density at radius 2 is 2.25 bits per heavy atom. The van der Waals surface area contributed by atoms with E-state index >= 15 is 0 Å². The molecule has 3 heterocycles. The van der Waals surface area contributed by atoms with Gasteiger partial charge in [-0.15, -0.1) is 22.7 Å². The molecule has 0 aromatic carbocycles. The molecule has 0 bridgehead atoms. The third kappa shape index (κ3) is 2.60. The van der Waals surface area contributed by atoms with E-state index < -0.39 is 0 Å². The summed E-state index contributed by atoms with van der Waals surface area (Å²) in [6, 6.07) is 5.18. The zero-order valence-corrected chi connectivity index (χ0v) is 12.6. The fraction of sp³-hybridized carbons (Fsp3) is 0.0833. The number of aryl methyl sites for hydroxylation is 1. The Balaban J connectivity index is 1.85. The molecule has 0 atom stereocenters. The first kappa shape index (κ1) is 13.3. The minimum absolute atomic E-state index is 0.210. The molecule has 1 N–H and O–H groups in total. The maximum Gasteiger partial charge on any atom is 0.270 e. The molecule has 3 aromatic heterocycles. The van der Waals surface area contributed by atoms with Crippen molar-refractivity contribution in [1.29, 1.82) is 0 Å². The van der Waals surface area contributed by atoms with Crippen LogP contribution in [-0.2, 0) is 0 Å². The Morgan fingerprint density at radius 3 is 2.90 bits per heavy atom. The van der Waals surface area contributed by atoms with E-state index in [4.69, 9.17) is 16.1 Å². The van der Waals surface area contributed by atoms with Gasteiger partial charge in [0.15, 0.2) is 5.82 Å². The highest BCUT2D eigenvalue weighted by atomic mass is 35.5. The van der Waals surface area contributed by atoms with Crippen LogP contribution in [0.25, 0.3) is 10.8 Å². The lowest BCUT2D eigenvalue weighted by molar-refractivity contribution is 0.103. The number of aromatic nitrogens is 2. The third-order valence-corrected chi connectivity index (χ3v) is 4.56. The second kappa shape index (κ2) is 5.35. The van der Waals surface area contributed by atoms with Gasteiger partial charge in [-0.05, 0) is 30.5 Å². The molecule has 8 heteroatoms. The number of rotatable bonds is 3. The van der Waals surface area contributed by atoms with Crippen LogP contribution in [0.4, 0.5) is 5.69 Å². The van der Waals surface area contributed by atoms with Crippen LogP contribution < -0.4 is 5.32 Å². The van der Waals surface area contributed by atoms with Gasteiger partial charge in [-0.2, -0.15) is 4.98 Å². The van der Waals surface area contributed by atoms with Crippen LogP contribution in [0.3, 0.4) is 0 Å². The quantitative estimate of drug-likeness (QED) is 0.788. The maximum absolute atomic E-state index is 12.1. The van der Waals surface area contributed by atoms with E-state index in [2.05, 4.69) is 15.5 Å². The summed E-state index contributed by atoms with van der Waals surface area (Å²) in [4.78, 5) is 17.5. The van der Waals surface area contributed by atoms with Gasteiger partial charge in [0.25, 0.3) is 11.8 Å². The van der Waals surface area contributed by atoms with Gasteiger partial charge in [0.2, 0.25) is 0 Å². The van der Waals surface area contributed by atoms with Gasteiger partial charge in [-0.3, -0.25) is 4.79 Å². The number of carbonyl (C=O) groups excluding carboxylic acids is 1. The summed E-state index contributed by atoms with van der Waals surface area (Å²) in [5.41, 5.74) is 0.646. The minimum atomic E-state index is -0.210. The van der Waals surface area contributed by atoms with Crippen molar-refractivity contribution in [1.82, 2.24) is 10.1 Å². The highest BCUT2D eigenvalue weighted by molar-refractivity contribution is 7.18. The summed E-state index contributed by atoms with van der Waals surface area (Å²) in [7, 11) is 0. The van der Waals surface area contributed by atoms with E-state index in [1.807, 2.05) is 5.38 Å². The first-order valence-electron chi connectivity index (χ1n) is 5.58. The average Bonchev–Trinajstić information content (AvgIpc) is 3.10. The van der Waals surface area contributed by atoms with Crippen LogP contribution >= 0.6 is 34.3 Å². The number of anilines is 1. The number of amides is 1. The van der Waals surface area contributed by atoms with Crippen molar-refractivity contribution in [2.45, 2.75) is 6.92 Å². The number of thiophene rings is 2. The minimum Gasteiger partial charge on any atom is -0.333 e. The summed E-state index contributed by atoms with van der Waals surface area (Å²) in [5.74, 6) is 0.741. The van der Waals surface area contributed by atoms with Gasteiger partial charge in [0, 0.05) is 0 Å². The van der Waals surface area contributed by atoms with E-state index in [1.54, 1.807) is 25.1 Å². The van der Waals surface area contributed by atoms with Crippen molar-refractivity contribution in [3.05, 3.63) is 38.6 Å². The Bertz CT molecular complexity index is 762. The van der Waals surface area contributed by atoms with Crippen LogP contribution in [0.5, 0.6) is 0 Å². The fourth-order valence-corrected chi connectivity index (χ4v) is 3.29. The summed E-state index contributed by atoms with van der Waals surface area (Å²) >= 11 is 8.48. The number of halogens is 1. The van der Waals surface area contributed by atoms with Gasteiger partial charge in [0.1, 0.15) is 4.88 Å². The lowest BCUT2D eigenvalue weighted by Crippen LogP contribution is -2.09. The molecule has 1 amide bonds. The molecule has 102 valence electrons. The van der Waals surface area contributed by atoms with Gasteiger partial charge in [-0.25, -0.2) is 0 Å². The Hall–Kier alpha value is -1.70. The molecule has 0 saturated carbocycles.